The second-order valence-corrected chi connectivity index (χ2v) is 4.70. The number of nitrogens with one attached hydrogen (secondary N) is 2. The van der Waals surface area contributed by atoms with Crippen LogP contribution >= 0.6 is 0 Å². The van der Waals surface area contributed by atoms with Crippen molar-refractivity contribution in [3.05, 3.63) is 41.6 Å². The summed E-state index contributed by atoms with van der Waals surface area (Å²) in [6, 6.07) is 6.19. The van der Waals surface area contributed by atoms with Gasteiger partial charge in [0.1, 0.15) is 6.10 Å². The molecule has 0 spiro atoms. The number of rotatable bonds is 2. The zero-order chi connectivity index (χ0) is 12.0. The molecule has 1 aliphatic heterocycles. The lowest BCUT2D eigenvalue weighted by molar-refractivity contribution is 0.212. The minimum absolute atomic E-state index is 0.604. The summed E-state index contributed by atoms with van der Waals surface area (Å²) in [4.78, 5) is 3.27. The topological polar surface area (TPSA) is 48.0 Å². The van der Waals surface area contributed by atoms with Gasteiger partial charge in [-0.25, -0.2) is 0 Å². The Morgan fingerprint density at radius 2 is 2.29 bits per heavy atom. The van der Waals surface area contributed by atoms with Gasteiger partial charge in [0, 0.05) is 28.8 Å². The van der Waals surface area contributed by atoms with Gasteiger partial charge in [-0.15, -0.1) is 0 Å². The molecule has 1 aromatic carbocycles. The molecule has 0 bridgehead atoms. The summed E-state index contributed by atoms with van der Waals surface area (Å²) in [6.45, 7) is 6.63. The highest BCUT2D eigenvalue weighted by molar-refractivity contribution is 5.90. The van der Waals surface area contributed by atoms with Gasteiger partial charge in [-0.05, 0) is 42.7 Å². The summed E-state index contributed by atoms with van der Waals surface area (Å²) in [6.07, 6.45) is 0.444. The molecule has 1 aliphatic rings. The minimum Gasteiger partial charge on any atom is -0.384 e. The first-order valence-electron chi connectivity index (χ1n) is 5.88. The lowest BCUT2D eigenvalue weighted by Gasteiger charge is -2.06. The quantitative estimate of drug-likeness (QED) is 0.692. The van der Waals surface area contributed by atoms with Crippen molar-refractivity contribution in [2.24, 2.45) is 0 Å². The molecule has 88 valence electrons. The third-order valence-corrected chi connectivity index (χ3v) is 3.39. The van der Waals surface area contributed by atoms with Crippen LogP contribution in [0, 0.1) is 0 Å². The predicted octanol–water partition coefficient (Wildman–Crippen LogP) is 2.75. The maximum absolute atomic E-state index is 10.0. The number of aromatic amines is 1. The number of hydrogen-bond donors (Lipinski definition) is 3. The highest BCUT2D eigenvalue weighted by Gasteiger charge is 2.17. The van der Waals surface area contributed by atoms with E-state index >= 15 is 0 Å². The summed E-state index contributed by atoms with van der Waals surface area (Å²) in [5, 5.41) is 14.6. The summed E-state index contributed by atoms with van der Waals surface area (Å²) in [5.41, 5.74) is 5.23. The third-order valence-electron chi connectivity index (χ3n) is 3.39. The van der Waals surface area contributed by atoms with Crippen LogP contribution in [0.15, 0.2) is 30.4 Å². The molecule has 0 radical (unpaired) electrons. The van der Waals surface area contributed by atoms with Crippen molar-refractivity contribution < 1.29 is 5.11 Å². The van der Waals surface area contributed by atoms with Gasteiger partial charge in [0.15, 0.2) is 0 Å². The molecule has 3 nitrogen and oxygen atoms in total. The van der Waals surface area contributed by atoms with Gasteiger partial charge in [-0.1, -0.05) is 6.58 Å². The Balaban J connectivity index is 2.16. The molecule has 1 aromatic heterocycles. The summed E-state index contributed by atoms with van der Waals surface area (Å²) in [5.74, 6) is 0. The number of aliphatic hydroxyl groups is 1. The lowest BCUT2D eigenvalue weighted by Crippen LogP contribution is -1.97. The van der Waals surface area contributed by atoms with Crippen LogP contribution in [-0.4, -0.2) is 16.6 Å². The Labute approximate surface area is 100 Å². The van der Waals surface area contributed by atoms with Crippen LogP contribution < -0.4 is 5.32 Å². The van der Waals surface area contributed by atoms with Crippen molar-refractivity contribution in [2.75, 3.05) is 11.9 Å². The van der Waals surface area contributed by atoms with Crippen molar-refractivity contribution in [2.45, 2.75) is 19.4 Å². The largest absolute Gasteiger partial charge is 0.384 e. The van der Waals surface area contributed by atoms with E-state index in [4.69, 9.17) is 0 Å². The Morgan fingerprint density at radius 3 is 3.06 bits per heavy atom. The fourth-order valence-corrected chi connectivity index (χ4v) is 2.46. The number of benzene rings is 1. The summed E-state index contributed by atoms with van der Waals surface area (Å²) < 4.78 is 0. The number of H-pyrrole nitrogens is 1. The summed E-state index contributed by atoms with van der Waals surface area (Å²) >= 11 is 0. The van der Waals surface area contributed by atoms with E-state index in [1.54, 1.807) is 0 Å². The second kappa shape index (κ2) is 3.64. The molecule has 3 rings (SSSR count). The predicted molar refractivity (Wildman–Crippen MR) is 70.3 cm³/mol. The molecule has 2 heterocycles. The zero-order valence-corrected chi connectivity index (χ0v) is 9.88. The van der Waals surface area contributed by atoms with Gasteiger partial charge in [0.25, 0.3) is 0 Å². The molecule has 0 saturated heterocycles. The molecule has 1 unspecified atom stereocenters. The molecule has 0 saturated carbocycles. The fourth-order valence-electron chi connectivity index (χ4n) is 2.46. The highest BCUT2D eigenvalue weighted by Crippen LogP contribution is 2.32. The van der Waals surface area contributed by atoms with Crippen molar-refractivity contribution in [3.63, 3.8) is 0 Å². The van der Waals surface area contributed by atoms with E-state index in [0.717, 1.165) is 29.7 Å². The molecular formula is C14H16N2O. The highest BCUT2D eigenvalue weighted by atomic mass is 16.3. The molecular weight excluding hydrogens is 212 g/mol. The average Bonchev–Trinajstić information content (AvgIpc) is 2.92. The Morgan fingerprint density at radius 1 is 1.47 bits per heavy atom. The molecule has 3 heteroatoms. The molecule has 3 N–H and O–H groups in total. The molecule has 17 heavy (non-hydrogen) atoms. The van der Waals surface area contributed by atoms with Gasteiger partial charge in [0.2, 0.25) is 0 Å². The maximum atomic E-state index is 10.0. The number of aromatic nitrogens is 1. The number of fused-ring (bicyclic) bond motifs is 3. The number of anilines is 1. The third kappa shape index (κ3) is 1.54. The van der Waals surface area contributed by atoms with Gasteiger partial charge in [0.05, 0.1) is 0 Å². The van der Waals surface area contributed by atoms with Crippen molar-refractivity contribution in [3.8, 4) is 0 Å². The second-order valence-electron chi connectivity index (χ2n) is 4.70. The molecule has 0 fully saturated rings. The minimum atomic E-state index is -0.604. The average molecular weight is 228 g/mol. The van der Waals surface area contributed by atoms with Crippen LogP contribution in [-0.2, 0) is 6.42 Å². The maximum Gasteiger partial charge on any atom is 0.114 e. The van der Waals surface area contributed by atoms with Crippen molar-refractivity contribution in [1.82, 2.24) is 4.98 Å². The molecule has 2 aromatic rings. The SMILES string of the molecule is C=C(C)C(O)c1cc2c3c(ccc2[nH]1)NCC3. The van der Waals surface area contributed by atoms with E-state index in [2.05, 4.69) is 29.0 Å². The van der Waals surface area contributed by atoms with E-state index in [1.807, 2.05) is 13.0 Å². The smallest absolute Gasteiger partial charge is 0.114 e. The van der Waals surface area contributed by atoms with E-state index in [1.165, 1.54) is 16.6 Å². The number of hydrogen-bond acceptors (Lipinski definition) is 2. The molecule has 0 amide bonds. The number of aliphatic hydroxyl groups excluding tert-OH is 1. The summed E-state index contributed by atoms with van der Waals surface area (Å²) in [7, 11) is 0. The van der Waals surface area contributed by atoms with Gasteiger partial charge >= 0.3 is 0 Å². The molecule has 0 aliphatic carbocycles. The van der Waals surface area contributed by atoms with Crippen molar-refractivity contribution in [1.29, 1.82) is 0 Å². The van der Waals surface area contributed by atoms with Gasteiger partial charge in [-0.2, -0.15) is 0 Å². The standard InChI is InChI=1S/C14H16N2O/c1-8(2)14(17)13-7-10-9-5-6-15-11(9)3-4-12(10)16-13/h3-4,7,14-17H,1,5-6H2,2H3. The van der Waals surface area contributed by atoms with Crippen LogP contribution in [0.4, 0.5) is 5.69 Å². The fraction of sp³-hybridized carbons (Fsp3) is 0.286. The Bertz CT molecular complexity index is 598. The zero-order valence-electron chi connectivity index (χ0n) is 9.88. The van der Waals surface area contributed by atoms with Crippen LogP contribution in [0.3, 0.4) is 0 Å². The Kier molecular flexibility index (Phi) is 2.23. The van der Waals surface area contributed by atoms with Crippen LogP contribution in [0.25, 0.3) is 10.9 Å². The van der Waals surface area contributed by atoms with E-state index in [-0.39, 0.29) is 0 Å². The van der Waals surface area contributed by atoms with E-state index in [9.17, 15) is 5.11 Å². The van der Waals surface area contributed by atoms with E-state index < -0.39 is 6.10 Å². The first-order valence-corrected chi connectivity index (χ1v) is 5.88. The van der Waals surface area contributed by atoms with Gasteiger partial charge < -0.3 is 15.4 Å². The molecule has 1 atom stereocenters. The lowest BCUT2D eigenvalue weighted by atomic mass is 10.1. The van der Waals surface area contributed by atoms with Crippen LogP contribution in [0.1, 0.15) is 24.3 Å². The van der Waals surface area contributed by atoms with Gasteiger partial charge in [-0.3, -0.25) is 0 Å². The monoisotopic (exact) mass is 228 g/mol. The van der Waals surface area contributed by atoms with Crippen LogP contribution in [0.2, 0.25) is 0 Å². The normalized spacial score (nSPS) is 15.6. The van der Waals surface area contributed by atoms with E-state index in [0.29, 0.717) is 0 Å². The first-order chi connectivity index (χ1) is 8.16. The van der Waals surface area contributed by atoms with Crippen LogP contribution in [0.5, 0.6) is 0 Å². The first kappa shape index (κ1) is 10.4. The Hall–Kier alpha value is -1.74. The van der Waals surface area contributed by atoms with Crippen molar-refractivity contribution >= 4 is 16.6 Å².